The molecule has 9 heteroatoms. The lowest BCUT2D eigenvalue weighted by atomic mass is 10.1. The molecule has 38 heavy (non-hydrogen) atoms. The van der Waals surface area contributed by atoms with Crippen LogP contribution in [0.25, 0.3) is 0 Å². The van der Waals surface area contributed by atoms with E-state index in [0.717, 1.165) is 21.9 Å². The molecular formula is C29H34ClN3O4S. The van der Waals surface area contributed by atoms with Crippen LogP contribution in [0.5, 0.6) is 0 Å². The van der Waals surface area contributed by atoms with Gasteiger partial charge in [-0.25, -0.2) is 8.42 Å². The van der Waals surface area contributed by atoms with Crippen molar-refractivity contribution in [3.05, 3.63) is 95.0 Å². The van der Waals surface area contributed by atoms with Crippen LogP contribution in [0.1, 0.15) is 31.4 Å². The summed E-state index contributed by atoms with van der Waals surface area (Å²) in [6, 6.07) is 21.6. The Morgan fingerprint density at radius 2 is 1.58 bits per heavy atom. The number of sulfonamides is 1. The van der Waals surface area contributed by atoms with Gasteiger partial charge in [0.1, 0.15) is 12.6 Å². The molecule has 0 unspecified atom stereocenters. The molecule has 1 atom stereocenters. The van der Waals surface area contributed by atoms with Gasteiger partial charge in [-0.15, -0.1) is 0 Å². The Kier molecular flexibility index (Phi) is 10.3. The highest BCUT2D eigenvalue weighted by molar-refractivity contribution is 7.92. The Hall–Kier alpha value is -3.36. The largest absolute Gasteiger partial charge is 0.354 e. The number of hydrogen-bond donors (Lipinski definition) is 1. The fourth-order valence-electron chi connectivity index (χ4n) is 3.94. The van der Waals surface area contributed by atoms with Crippen LogP contribution >= 0.6 is 11.6 Å². The van der Waals surface area contributed by atoms with Gasteiger partial charge in [0, 0.05) is 18.1 Å². The lowest BCUT2D eigenvalue weighted by Crippen LogP contribution is -2.52. The topological polar surface area (TPSA) is 86.8 Å². The van der Waals surface area contributed by atoms with Crippen LogP contribution in [-0.4, -0.2) is 50.8 Å². The summed E-state index contributed by atoms with van der Waals surface area (Å²) in [5.74, 6) is -0.765. The van der Waals surface area contributed by atoms with Crippen molar-refractivity contribution in [2.45, 2.75) is 44.6 Å². The second-order valence-corrected chi connectivity index (χ2v) is 11.4. The van der Waals surface area contributed by atoms with E-state index in [4.69, 9.17) is 11.6 Å². The van der Waals surface area contributed by atoms with Crippen LogP contribution < -0.4 is 9.62 Å². The summed E-state index contributed by atoms with van der Waals surface area (Å²) in [5, 5.41) is 3.28. The van der Waals surface area contributed by atoms with Gasteiger partial charge < -0.3 is 10.2 Å². The number of benzene rings is 3. The maximum Gasteiger partial charge on any atom is 0.264 e. The number of nitrogens with one attached hydrogen (secondary N) is 1. The minimum absolute atomic E-state index is 0.0652. The van der Waals surface area contributed by atoms with Crippen molar-refractivity contribution in [1.82, 2.24) is 10.2 Å². The number of nitrogens with zero attached hydrogens (tertiary/aromatic N) is 2. The third kappa shape index (κ3) is 7.58. The van der Waals surface area contributed by atoms with Gasteiger partial charge >= 0.3 is 0 Å². The van der Waals surface area contributed by atoms with Crippen LogP contribution in [0.3, 0.4) is 0 Å². The van der Waals surface area contributed by atoms with Crippen molar-refractivity contribution < 1.29 is 18.0 Å². The number of carbonyl (C=O) groups excluding carboxylic acids is 2. The van der Waals surface area contributed by atoms with Crippen molar-refractivity contribution in [3.8, 4) is 0 Å². The van der Waals surface area contributed by atoms with Gasteiger partial charge in [0.15, 0.2) is 0 Å². The molecule has 0 aromatic heterocycles. The van der Waals surface area contributed by atoms with Crippen molar-refractivity contribution in [2.75, 3.05) is 23.9 Å². The molecule has 0 spiro atoms. The third-order valence-electron chi connectivity index (χ3n) is 6.20. The molecule has 7 nitrogen and oxygen atoms in total. The standard InChI is InChI=1S/C29H34ClN3O4S/c1-4-19-31-29(35)23(3)32(20-18-24-8-6-5-7-9-24)28(34)21-33(26-14-12-25(30)13-15-26)38(36,37)27-16-10-22(2)11-17-27/h5-17,23H,4,18-21H2,1-3H3,(H,31,35)/t23-/m1/s1. The number of aryl methyl sites for hydroxylation is 1. The first kappa shape index (κ1) is 29.2. The smallest absolute Gasteiger partial charge is 0.264 e. The molecule has 0 saturated heterocycles. The zero-order valence-electron chi connectivity index (χ0n) is 21.9. The van der Waals surface area contributed by atoms with Gasteiger partial charge in [-0.3, -0.25) is 13.9 Å². The van der Waals surface area contributed by atoms with Gasteiger partial charge in [0.25, 0.3) is 10.0 Å². The van der Waals surface area contributed by atoms with E-state index in [9.17, 15) is 18.0 Å². The highest BCUT2D eigenvalue weighted by Gasteiger charge is 2.32. The maximum atomic E-state index is 13.8. The van der Waals surface area contributed by atoms with Crippen LogP contribution in [0.4, 0.5) is 5.69 Å². The first-order chi connectivity index (χ1) is 18.1. The highest BCUT2D eigenvalue weighted by atomic mass is 35.5. The van der Waals surface area contributed by atoms with Crippen LogP contribution in [0.2, 0.25) is 5.02 Å². The van der Waals surface area contributed by atoms with E-state index in [1.807, 2.05) is 44.2 Å². The van der Waals surface area contributed by atoms with E-state index in [-0.39, 0.29) is 17.3 Å². The van der Waals surface area contributed by atoms with Gasteiger partial charge in [-0.1, -0.05) is 66.6 Å². The van der Waals surface area contributed by atoms with E-state index >= 15 is 0 Å². The number of rotatable bonds is 12. The molecule has 0 aliphatic rings. The highest BCUT2D eigenvalue weighted by Crippen LogP contribution is 2.26. The summed E-state index contributed by atoms with van der Waals surface area (Å²) >= 11 is 6.05. The van der Waals surface area contributed by atoms with Crippen molar-refractivity contribution in [1.29, 1.82) is 0 Å². The van der Waals surface area contributed by atoms with E-state index in [1.165, 1.54) is 17.0 Å². The Bertz CT molecular complexity index is 1310. The summed E-state index contributed by atoms with van der Waals surface area (Å²) in [6.45, 7) is 5.74. The number of carbonyl (C=O) groups is 2. The number of hydrogen-bond acceptors (Lipinski definition) is 4. The summed E-state index contributed by atoms with van der Waals surface area (Å²) < 4.78 is 28.6. The number of anilines is 1. The fraction of sp³-hybridized carbons (Fsp3) is 0.310. The quantitative estimate of drug-likeness (QED) is 0.347. The second-order valence-electron chi connectivity index (χ2n) is 9.09. The molecule has 0 aliphatic carbocycles. The third-order valence-corrected chi connectivity index (χ3v) is 8.24. The lowest BCUT2D eigenvalue weighted by molar-refractivity contribution is -0.138. The fourth-order valence-corrected chi connectivity index (χ4v) is 5.48. The monoisotopic (exact) mass is 555 g/mol. The van der Waals surface area contributed by atoms with Crippen molar-refractivity contribution >= 4 is 39.1 Å². The molecule has 1 N–H and O–H groups in total. The minimum Gasteiger partial charge on any atom is -0.354 e. The molecular weight excluding hydrogens is 522 g/mol. The summed E-state index contributed by atoms with van der Waals surface area (Å²) in [6.07, 6.45) is 1.28. The first-order valence-electron chi connectivity index (χ1n) is 12.6. The van der Waals surface area contributed by atoms with Crippen molar-refractivity contribution in [3.63, 3.8) is 0 Å². The molecule has 3 aromatic rings. The minimum atomic E-state index is -4.10. The van der Waals surface area contributed by atoms with Crippen LogP contribution in [0, 0.1) is 6.92 Å². The van der Waals surface area contributed by atoms with E-state index in [0.29, 0.717) is 23.7 Å². The Morgan fingerprint density at radius 3 is 2.18 bits per heavy atom. The molecule has 0 heterocycles. The van der Waals surface area contributed by atoms with Crippen LogP contribution in [0.15, 0.2) is 83.8 Å². The molecule has 2 amide bonds. The SMILES string of the molecule is CCCNC(=O)[C@@H](C)N(CCc1ccccc1)C(=O)CN(c1ccc(Cl)cc1)S(=O)(=O)c1ccc(C)cc1. The van der Waals surface area contributed by atoms with E-state index < -0.39 is 28.5 Å². The zero-order valence-corrected chi connectivity index (χ0v) is 23.5. The van der Waals surface area contributed by atoms with Crippen molar-refractivity contribution in [2.24, 2.45) is 0 Å². The molecule has 0 saturated carbocycles. The molecule has 3 aromatic carbocycles. The predicted octanol–water partition coefficient (Wildman–Crippen LogP) is 4.83. The van der Waals surface area contributed by atoms with E-state index in [2.05, 4.69) is 5.32 Å². The lowest BCUT2D eigenvalue weighted by Gasteiger charge is -2.32. The normalized spacial score (nSPS) is 12.0. The Balaban J connectivity index is 1.95. The van der Waals surface area contributed by atoms with Gasteiger partial charge in [0.2, 0.25) is 11.8 Å². The number of halogens is 1. The van der Waals surface area contributed by atoms with E-state index in [1.54, 1.807) is 43.3 Å². The molecule has 202 valence electrons. The second kappa shape index (κ2) is 13.4. The number of amides is 2. The van der Waals surface area contributed by atoms with Crippen LogP contribution in [-0.2, 0) is 26.0 Å². The molecule has 0 bridgehead atoms. The average Bonchev–Trinajstić information content (AvgIpc) is 2.91. The maximum absolute atomic E-state index is 13.8. The average molecular weight is 556 g/mol. The Morgan fingerprint density at radius 1 is 0.947 bits per heavy atom. The first-order valence-corrected chi connectivity index (χ1v) is 14.4. The Labute approximate surface area is 230 Å². The molecule has 0 fully saturated rings. The summed E-state index contributed by atoms with van der Waals surface area (Å²) in [5.41, 5.74) is 2.22. The molecule has 0 aliphatic heterocycles. The molecule has 3 rings (SSSR count). The van der Waals surface area contributed by atoms with Gasteiger partial charge in [-0.2, -0.15) is 0 Å². The van der Waals surface area contributed by atoms with Gasteiger partial charge in [0.05, 0.1) is 10.6 Å². The summed E-state index contributed by atoms with van der Waals surface area (Å²) in [4.78, 5) is 28.1. The molecule has 0 radical (unpaired) electrons. The zero-order chi connectivity index (χ0) is 27.7. The predicted molar refractivity (Wildman–Crippen MR) is 152 cm³/mol. The summed E-state index contributed by atoms with van der Waals surface area (Å²) in [7, 11) is -4.10. The van der Waals surface area contributed by atoms with Gasteiger partial charge in [-0.05, 0) is 68.7 Å².